The number of para-hydroxylation sites is 1. The molecule has 1 aromatic carbocycles. The van der Waals surface area contributed by atoms with Gasteiger partial charge in [-0.1, -0.05) is 18.2 Å². The first kappa shape index (κ1) is 9.15. The minimum atomic E-state index is -0.0450. The molecule has 2 aliphatic heterocycles. The molecule has 0 spiro atoms. The summed E-state index contributed by atoms with van der Waals surface area (Å²) in [5.74, 6) is 0. The van der Waals surface area contributed by atoms with Crippen molar-refractivity contribution in [2.75, 3.05) is 0 Å². The molecule has 0 amide bonds. The van der Waals surface area contributed by atoms with E-state index in [4.69, 9.17) is 0 Å². The number of nitrogens with zero attached hydrogens (tertiary/aromatic N) is 3. The molecule has 0 aliphatic carbocycles. The van der Waals surface area contributed by atoms with Crippen molar-refractivity contribution in [2.45, 2.75) is 0 Å². The molecule has 2 aliphatic rings. The van der Waals surface area contributed by atoms with Crippen LogP contribution in [0.15, 0.2) is 35.3 Å². The molecule has 80 valence electrons. The van der Waals surface area contributed by atoms with Crippen LogP contribution in [0, 0.1) is 0 Å². The fourth-order valence-corrected chi connectivity index (χ4v) is 2.08. The Morgan fingerprint density at radius 1 is 1.19 bits per heavy atom. The average Bonchev–Trinajstić information content (AvgIpc) is 2.57. The van der Waals surface area contributed by atoms with E-state index in [0.717, 1.165) is 16.6 Å². The minimum Gasteiger partial charge on any atom is -0.350 e. The highest BCUT2D eigenvalue weighted by Gasteiger charge is 2.16. The van der Waals surface area contributed by atoms with E-state index >= 15 is 0 Å². The summed E-state index contributed by atoms with van der Waals surface area (Å²) in [6.07, 6.45) is 1.84. The van der Waals surface area contributed by atoms with Crippen molar-refractivity contribution in [3.63, 3.8) is 0 Å². The van der Waals surface area contributed by atoms with E-state index in [0.29, 0.717) is 5.56 Å². The van der Waals surface area contributed by atoms with Crippen molar-refractivity contribution in [3.8, 4) is 11.3 Å². The van der Waals surface area contributed by atoms with Gasteiger partial charge in [-0.15, -0.1) is 0 Å². The van der Waals surface area contributed by atoms with Gasteiger partial charge in [0.2, 0.25) is 0 Å². The first-order chi connectivity index (χ1) is 7.68. The summed E-state index contributed by atoms with van der Waals surface area (Å²) < 4.78 is 3.35. The SMILES string of the molecule is Cn1nc2c3ccccc3n(C)cc-2c1=O. The van der Waals surface area contributed by atoms with Crippen molar-refractivity contribution < 1.29 is 0 Å². The molecule has 2 heterocycles. The van der Waals surface area contributed by atoms with Crippen molar-refractivity contribution in [3.05, 3.63) is 40.8 Å². The Hall–Kier alpha value is -2.10. The number of hydrogen-bond acceptors (Lipinski definition) is 2. The van der Waals surface area contributed by atoms with Gasteiger partial charge in [0, 0.05) is 31.2 Å². The van der Waals surface area contributed by atoms with E-state index in [9.17, 15) is 4.79 Å². The highest BCUT2D eigenvalue weighted by Crippen LogP contribution is 2.25. The molecule has 0 aromatic heterocycles. The minimum absolute atomic E-state index is 0.0450. The first-order valence-electron chi connectivity index (χ1n) is 5.09. The van der Waals surface area contributed by atoms with Crippen LogP contribution in [0.5, 0.6) is 0 Å². The second kappa shape index (κ2) is 2.95. The van der Waals surface area contributed by atoms with Crippen molar-refractivity contribution in [1.82, 2.24) is 14.3 Å². The van der Waals surface area contributed by atoms with Crippen LogP contribution >= 0.6 is 0 Å². The Kier molecular flexibility index (Phi) is 1.68. The maximum atomic E-state index is 11.8. The summed E-state index contributed by atoms with van der Waals surface area (Å²) in [5.41, 5.74) is 2.48. The highest BCUT2D eigenvalue weighted by molar-refractivity contribution is 5.93. The van der Waals surface area contributed by atoms with Gasteiger partial charge in [-0.3, -0.25) is 4.79 Å². The second-order valence-corrected chi connectivity index (χ2v) is 3.95. The van der Waals surface area contributed by atoms with Crippen molar-refractivity contribution in [1.29, 1.82) is 0 Å². The van der Waals surface area contributed by atoms with E-state index in [-0.39, 0.29) is 5.56 Å². The predicted molar refractivity (Wildman–Crippen MR) is 62.6 cm³/mol. The first-order valence-corrected chi connectivity index (χ1v) is 5.09. The third-order valence-corrected chi connectivity index (χ3v) is 2.89. The van der Waals surface area contributed by atoms with Crippen LogP contribution in [0.4, 0.5) is 0 Å². The lowest BCUT2D eigenvalue weighted by molar-refractivity contribution is 0.747. The maximum Gasteiger partial charge on any atom is 0.277 e. The van der Waals surface area contributed by atoms with Crippen LogP contribution in [0.2, 0.25) is 0 Å². The van der Waals surface area contributed by atoms with Crippen LogP contribution in [0.25, 0.3) is 22.2 Å². The molecule has 0 saturated heterocycles. The number of benzene rings is 1. The summed E-state index contributed by atoms with van der Waals surface area (Å²) in [5, 5.41) is 5.29. The van der Waals surface area contributed by atoms with E-state index < -0.39 is 0 Å². The van der Waals surface area contributed by atoms with Crippen molar-refractivity contribution >= 4 is 10.9 Å². The molecule has 4 nitrogen and oxygen atoms in total. The van der Waals surface area contributed by atoms with Gasteiger partial charge in [0.05, 0.1) is 5.56 Å². The molecule has 0 atom stereocenters. The highest BCUT2D eigenvalue weighted by atomic mass is 16.1. The number of pyridine rings is 1. The van der Waals surface area contributed by atoms with Gasteiger partial charge in [-0.25, -0.2) is 4.68 Å². The molecule has 0 bridgehead atoms. The van der Waals surface area contributed by atoms with Gasteiger partial charge in [-0.05, 0) is 6.07 Å². The zero-order valence-corrected chi connectivity index (χ0v) is 9.14. The molecule has 0 unspecified atom stereocenters. The van der Waals surface area contributed by atoms with Crippen LogP contribution in [-0.2, 0) is 14.1 Å². The van der Waals surface area contributed by atoms with Gasteiger partial charge < -0.3 is 4.57 Å². The fourth-order valence-electron chi connectivity index (χ4n) is 2.08. The molecule has 0 radical (unpaired) electrons. The molecule has 0 saturated carbocycles. The third kappa shape index (κ3) is 1.04. The summed E-state index contributed by atoms with van der Waals surface area (Å²) in [6.45, 7) is 0. The summed E-state index contributed by atoms with van der Waals surface area (Å²) in [4.78, 5) is 11.8. The van der Waals surface area contributed by atoms with Crippen LogP contribution in [-0.4, -0.2) is 14.3 Å². The number of aromatic nitrogens is 3. The Balaban J connectivity index is 2.63. The second-order valence-electron chi connectivity index (χ2n) is 3.95. The molecule has 1 aromatic rings. The van der Waals surface area contributed by atoms with Crippen LogP contribution < -0.4 is 5.56 Å². The zero-order chi connectivity index (χ0) is 11.3. The predicted octanol–water partition coefficient (Wildman–Crippen LogP) is 1.38. The Bertz CT molecular complexity index is 708. The van der Waals surface area contributed by atoms with E-state index in [2.05, 4.69) is 5.10 Å². The Morgan fingerprint density at radius 2 is 1.94 bits per heavy atom. The molecule has 4 heteroatoms. The van der Waals surface area contributed by atoms with Crippen LogP contribution in [0.3, 0.4) is 0 Å². The number of fused-ring (bicyclic) bond motifs is 3. The number of rotatable bonds is 0. The van der Waals surface area contributed by atoms with E-state index in [1.807, 2.05) is 42.1 Å². The molecule has 16 heavy (non-hydrogen) atoms. The van der Waals surface area contributed by atoms with Crippen LogP contribution in [0.1, 0.15) is 0 Å². The zero-order valence-electron chi connectivity index (χ0n) is 9.14. The smallest absolute Gasteiger partial charge is 0.277 e. The van der Waals surface area contributed by atoms with Gasteiger partial charge >= 0.3 is 0 Å². The van der Waals surface area contributed by atoms with Gasteiger partial charge in [0.1, 0.15) is 5.69 Å². The largest absolute Gasteiger partial charge is 0.350 e. The molecular weight excluding hydrogens is 202 g/mol. The van der Waals surface area contributed by atoms with E-state index in [1.165, 1.54) is 4.68 Å². The van der Waals surface area contributed by atoms with Gasteiger partial charge in [0.25, 0.3) is 5.56 Å². The molecular formula is C12H11N3O. The maximum absolute atomic E-state index is 11.8. The Labute approximate surface area is 92.1 Å². The van der Waals surface area contributed by atoms with Crippen molar-refractivity contribution in [2.24, 2.45) is 14.1 Å². The summed E-state index contributed by atoms with van der Waals surface area (Å²) in [6, 6.07) is 7.95. The summed E-state index contributed by atoms with van der Waals surface area (Å²) >= 11 is 0. The molecule has 0 fully saturated rings. The lowest BCUT2D eigenvalue weighted by Crippen LogP contribution is -2.12. The van der Waals surface area contributed by atoms with Gasteiger partial charge in [0.15, 0.2) is 0 Å². The number of aryl methyl sites for hydroxylation is 2. The molecule has 3 rings (SSSR count). The molecule has 0 N–H and O–H groups in total. The lowest BCUT2D eigenvalue weighted by Gasteiger charge is -2.08. The lowest BCUT2D eigenvalue weighted by atomic mass is 10.1. The van der Waals surface area contributed by atoms with Gasteiger partial charge in [-0.2, -0.15) is 5.10 Å². The topological polar surface area (TPSA) is 39.8 Å². The monoisotopic (exact) mass is 213 g/mol. The normalized spacial score (nSPS) is 11.4. The summed E-state index contributed by atoms with van der Waals surface area (Å²) in [7, 11) is 3.62. The quantitative estimate of drug-likeness (QED) is 0.566. The standard InChI is InChI=1S/C12H11N3O/c1-14-7-9-11(13-15(2)12(9)16)8-5-3-4-6-10(8)14/h3-7H,1-2H3. The fraction of sp³-hybridized carbons (Fsp3) is 0.167. The average molecular weight is 213 g/mol. The number of hydrogen-bond donors (Lipinski definition) is 0. The Morgan fingerprint density at radius 3 is 2.75 bits per heavy atom. The third-order valence-electron chi connectivity index (χ3n) is 2.89. The van der Waals surface area contributed by atoms with E-state index in [1.54, 1.807) is 7.05 Å².